The van der Waals surface area contributed by atoms with Crippen molar-refractivity contribution in [3.05, 3.63) is 96.3 Å². The largest absolute Gasteiger partial charge is 0.492 e. The SMILES string of the molecule is CCOc1ccccc1NC(=O)CSc1nnc(Cc2ccccc2)n1-c1ccccc1. The number of ether oxygens (including phenoxy) is 1. The lowest BCUT2D eigenvalue weighted by atomic mass is 10.1. The molecule has 0 unspecified atom stereocenters. The van der Waals surface area contributed by atoms with E-state index >= 15 is 0 Å². The van der Waals surface area contributed by atoms with Crippen LogP contribution in [0.4, 0.5) is 5.69 Å². The number of carbonyl (C=O) groups excluding carboxylic acids is 1. The second-order valence-corrected chi connectivity index (χ2v) is 7.94. The Morgan fingerprint density at radius 1 is 0.938 bits per heavy atom. The predicted molar refractivity (Wildman–Crippen MR) is 128 cm³/mol. The summed E-state index contributed by atoms with van der Waals surface area (Å²) in [4.78, 5) is 12.6. The molecule has 0 radical (unpaired) electrons. The number of aromatic nitrogens is 3. The van der Waals surface area contributed by atoms with Crippen molar-refractivity contribution in [2.45, 2.75) is 18.5 Å². The van der Waals surface area contributed by atoms with Gasteiger partial charge in [0.25, 0.3) is 0 Å². The maximum atomic E-state index is 12.6. The third-order valence-corrected chi connectivity index (χ3v) is 5.64. The van der Waals surface area contributed by atoms with Crippen LogP contribution in [-0.2, 0) is 11.2 Å². The molecule has 0 aliphatic rings. The number of nitrogens with zero attached hydrogens (tertiary/aromatic N) is 3. The molecule has 0 spiro atoms. The van der Waals surface area contributed by atoms with E-state index < -0.39 is 0 Å². The van der Waals surface area contributed by atoms with Gasteiger partial charge < -0.3 is 10.1 Å². The molecule has 162 valence electrons. The first-order chi connectivity index (χ1) is 15.7. The van der Waals surface area contributed by atoms with Crippen molar-refractivity contribution in [2.24, 2.45) is 0 Å². The fourth-order valence-corrected chi connectivity index (χ4v) is 4.06. The third-order valence-electron chi connectivity index (χ3n) is 4.71. The van der Waals surface area contributed by atoms with Gasteiger partial charge in [0.15, 0.2) is 5.16 Å². The molecule has 6 nitrogen and oxygen atoms in total. The standard InChI is InChI=1S/C25H24N4O2S/c1-2-31-22-16-10-9-15-21(22)26-24(30)18-32-25-28-27-23(17-19-11-5-3-6-12-19)29(25)20-13-7-4-8-14-20/h3-16H,2,17-18H2,1H3,(H,26,30). The molecule has 1 aromatic heterocycles. The zero-order valence-electron chi connectivity index (χ0n) is 17.8. The maximum absolute atomic E-state index is 12.6. The molecule has 0 saturated carbocycles. The lowest BCUT2D eigenvalue weighted by Crippen LogP contribution is -2.15. The van der Waals surface area contributed by atoms with Crippen molar-refractivity contribution in [3.63, 3.8) is 0 Å². The highest BCUT2D eigenvalue weighted by atomic mass is 32.2. The van der Waals surface area contributed by atoms with Crippen LogP contribution in [0.3, 0.4) is 0 Å². The summed E-state index contributed by atoms with van der Waals surface area (Å²) in [6.07, 6.45) is 0.650. The Kier molecular flexibility index (Phi) is 7.19. The van der Waals surface area contributed by atoms with Crippen LogP contribution in [0, 0.1) is 0 Å². The average Bonchev–Trinajstić information content (AvgIpc) is 3.22. The molecular formula is C25H24N4O2S. The van der Waals surface area contributed by atoms with Gasteiger partial charge in [-0.2, -0.15) is 0 Å². The van der Waals surface area contributed by atoms with E-state index in [1.54, 1.807) is 0 Å². The molecule has 1 N–H and O–H groups in total. The van der Waals surface area contributed by atoms with Gasteiger partial charge >= 0.3 is 0 Å². The van der Waals surface area contributed by atoms with Crippen molar-refractivity contribution < 1.29 is 9.53 Å². The summed E-state index contributed by atoms with van der Waals surface area (Å²) in [7, 11) is 0. The Morgan fingerprint density at radius 2 is 1.62 bits per heavy atom. The Labute approximate surface area is 191 Å². The summed E-state index contributed by atoms with van der Waals surface area (Å²) in [5, 5.41) is 12.4. The molecule has 7 heteroatoms. The molecule has 3 aromatic carbocycles. The lowest BCUT2D eigenvalue weighted by Gasteiger charge is -2.12. The van der Waals surface area contributed by atoms with Crippen molar-refractivity contribution >= 4 is 23.4 Å². The molecule has 0 saturated heterocycles. The zero-order valence-corrected chi connectivity index (χ0v) is 18.6. The molecule has 1 heterocycles. The van der Waals surface area contributed by atoms with Gasteiger partial charge in [0.1, 0.15) is 11.6 Å². The average molecular weight is 445 g/mol. The summed E-state index contributed by atoms with van der Waals surface area (Å²) >= 11 is 1.36. The van der Waals surface area contributed by atoms with Gasteiger partial charge in [-0.25, -0.2) is 0 Å². The molecule has 1 amide bonds. The topological polar surface area (TPSA) is 69.0 Å². The van der Waals surface area contributed by atoms with Crippen LogP contribution in [0.25, 0.3) is 5.69 Å². The molecule has 0 aliphatic heterocycles. The number of hydrogen-bond donors (Lipinski definition) is 1. The number of hydrogen-bond acceptors (Lipinski definition) is 5. The van der Waals surface area contributed by atoms with E-state index in [-0.39, 0.29) is 11.7 Å². The van der Waals surface area contributed by atoms with Crippen molar-refractivity contribution in [1.82, 2.24) is 14.8 Å². The van der Waals surface area contributed by atoms with E-state index in [2.05, 4.69) is 27.6 Å². The van der Waals surface area contributed by atoms with Gasteiger partial charge in [-0.15, -0.1) is 10.2 Å². The van der Waals surface area contributed by atoms with E-state index in [1.807, 2.05) is 84.3 Å². The smallest absolute Gasteiger partial charge is 0.234 e. The summed E-state index contributed by atoms with van der Waals surface area (Å²) in [6.45, 7) is 2.45. The molecule has 0 aliphatic carbocycles. The Balaban J connectivity index is 1.52. The molecular weight excluding hydrogens is 420 g/mol. The van der Waals surface area contributed by atoms with Crippen LogP contribution < -0.4 is 10.1 Å². The summed E-state index contributed by atoms with van der Waals surface area (Å²) in [5.74, 6) is 1.56. The Hall–Kier alpha value is -3.58. The molecule has 0 bridgehead atoms. The number of para-hydroxylation sites is 3. The number of rotatable bonds is 9. The summed E-state index contributed by atoms with van der Waals surface area (Å²) in [5.41, 5.74) is 2.78. The van der Waals surface area contributed by atoms with Crippen molar-refractivity contribution in [2.75, 3.05) is 17.7 Å². The Bertz CT molecular complexity index is 1160. The third kappa shape index (κ3) is 5.36. The monoisotopic (exact) mass is 444 g/mol. The fraction of sp³-hybridized carbons (Fsp3) is 0.160. The molecule has 4 aromatic rings. The Morgan fingerprint density at radius 3 is 2.38 bits per heavy atom. The molecule has 0 atom stereocenters. The van der Waals surface area contributed by atoms with E-state index in [0.29, 0.717) is 29.6 Å². The number of thioether (sulfide) groups is 1. The highest BCUT2D eigenvalue weighted by Gasteiger charge is 2.17. The van der Waals surface area contributed by atoms with Gasteiger partial charge in [0.2, 0.25) is 5.91 Å². The van der Waals surface area contributed by atoms with E-state index in [4.69, 9.17) is 4.74 Å². The first-order valence-corrected chi connectivity index (χ1v) is 11.4. The van der Waals surface area contributed by atoms with Crippen molar-refractivity contribution in [1.29, 1.82) is 0 Å². The fourth-order valence-electron chi connectivity index (χ4n) is 3.29. The minimum atomic E-state index is -0.130. The zero-order chi connectivity index (χ0) is 22.2. The normalized spacial score (nSPS) is 10.7. The second kappa shape index (κ2) is 10.6. The highest BCUT2D eigenvalue weighted by molar-refractivity contribution is 7.99. The number of benzene rings is 3. The van der Waals surface area contributed by atoms with Gasteiger partial charge in [0, 0.05) is 12.1 Å². The van der Waals surface area contributed by atoms with Crippen LogP contribution in [0.1, 0.15) is 18.3 Å². The maximum Gasteiger partial charge on any atom is 0.234 e. The van der Waals surface area contributed by atoms with Gasteiger partial charge in [-0.05, 0) is 36.8 Å². The first-order valence-electron chi connectivity index (χ1n) is 10.4. The minimum absolute atomic E-state index is 0.130. The van der Waals surface area contributed by atoms with E-state index in [1.165, 1.54) is 11.8 Å². The number of anilines is 1. The number of amides is 1. The quantitative estimate of drug-likeness (QED) is 0.369. The van der Waals surface area contributed by atoms with Crippen LogP contribution in [0.5, 0.6) is 5.75 Å². The van der Waals surface area contributed by atoms with Crippen LogP contribution >= 0.6 is 11.8 Å². The van der Waals surface area contributed by atoms with Crippen LogP contribution in [0.15, 0.2) is 90.1 Å². The summed E-state index contributed by atoms with van der Waals surface area (Å²) < 4.78 is 7.60. The van der Waals surface area contributed by atoms with Gasteiger partial charge in [-0.3, -0.25) is 9.36 Å². The number of carbonyl (C=O) groups is 1. The summed E-state index contributed by atoms with van der Waals surface area (Å²) in [6, 6.07) is 27.5. The first kappa shape index (κ1) is 21.6. The molecule has 0 fully saturated rings. The van der Waals surface area contributed by atoms with Crippen LogP contribution in [-0.4, -0.2) is 33.0 Å². The van der Waals surface area contributed by atoms with Gasteiger partial charge in [0.05, 0.1) is 18.0 Å². The van der Waals surface area contributed by atoms with Crippen LogP contribution in [0.2, 0.25) is 0 Å². The van der Waals surface area contributed by atoms with E-state index in [9.17, 15) is 4.79 Å². The van der Waals surface area contributed by atoms with Gasteiger partial charge in [-0.1, -0.05) is 72.4 Å². The second-order valence-electron chi connectivity index (χ2n) is 7.00. The minimum Gasteiger partial charge on any atom is -0.492 e. The molecule has 32 heavy (non-hydrogen) atoms. The lowest BCUT2D eigenvalue weighted by molar-refractivity contribution is -0.113. The number of nitrogens with one attached hydrogen (secondary N) is 1. The highest BCUT2D eigenvalue weighted by Crippen LogP contribution is 2.26. The van der Waals surface area contributed by atoms with E-state index in [0.717, 1.165) is 17.1 Å². The predicted octanol–water partition coefficient (Wildman–Crippen LogP) is 4.99. The van der Waals surface area contributed by atoms with Crippen molar-refractivity contribution in [3.8, 4) is 11.4 Å². The molecule has 4 rings (SSSR count).